The molecule has 0 saturated heterocycles. The maximum atomic E-state index is 2.63. The summed E-state index contributed by atoms with van der Waals surface area (Å²) in [5.74, 6) is 0.537. The largest absolute Gasteiger partial charge is 0.0804 e. The lowest BCUT2D eigenvalue weighted by Gasteiger charge is -2.49. The monoisotopic (exact) mass is 428 g/mol. The van der Waals surface area contributed by atoms with E-state index in [4.69, 9.17) is 0 Å². The number of rotatable bonds is 4. The minimum atomic E-state index is -1.35. The number of fused-ring (bicyclic) bond motifs is 3. The lowest BCUT2D eigenvalue weighted by Crippen LogP contribution is -2.41. The van der Waals surface area contributed by atoms with E-state index in [2.05, 4.69) is 93.9 Å². The molecular formula is C28H36Si2. The standard InChI is InChI=1S/C28H36Si2/c1-29(2,3)21-12-14-23-24-15-13-22(30(4,5)6)19-26(24)27(25(23)18-21)28(16-9-17-28)20-10-7-8-11-20/h7-8,10,12-15,18-19,27H,9,11,16-17H2,1-6H3. The van der Waals surface area contributed by atoms with Crippen LogP contribution in [-0.4, -0.2) is 16.1 Å². The molecule has 0 atom stereocenters. The molecule has 3 aliphatic carbocycles. The van der Waals surface area contributed by atoms with Crippen LogP contribution in [-0.2, 0) is 0 Å². The third kappa shape index (κ3) is 2.98. The van der Waals surface area contributed by atoms with Crippen LogP contribution in [0.5, 0.6) is 0 Å². The van der Waals surface area contributed by atoms with E-state index in [-0.39, 0.29) is 0 Å². The zero-order valence-corrected chi connectivity index (χ0v) is 21.6. The van der Waals surface area contributed by atoms with E-state index in [1.54, 1.807) is 27.1 Å². The molecule has 0 amide bonds. The van der Waals surface area contributed by atoms with Gasteiger partial charge in [0.15, 0.2) is 0 Å². The fourth-order valence-electron chi connectivity index (χ4n) is 5.96. The molecule has 0 aliphatic heterocycles. The van der Waals surface area contributed by atoms with Crippen LogP contribution in [0.4, 0.5) is 0 Å². The SMILES string of the molecule is C[Si](C)(C)c1ccc2c(c1)C(C1(C3=CC=CC3)CCC1)c1cc([Si](C)(C)C)ccc1-2. The molecular weight excluding hydrogens is 392 g/mol. The van der Waals surface area contributed by atoms with Gasteiger partial charge in [0.25, 0.3) is 0 Å². The quantitative estimate of drug-likeness (QED) is 0.462. The Morgan fingerprint density at radius 3 is 1.67 bits per heavy atom. The van der Waals surface area contributed by atoms with Crippen molar-refractivity contribution in [1.29, 1.82) is 0 Å². The second-order valence-corrected chi connectivity index (χ2v) is 22.0. The molecule has 3 aliphatic rings. The molecule has 2 aromatic rings. The molecule has 0 unspecified atom stereocenters. The van der Waals surface area contributed by atoms with Crippen LogP contribution in [0.15, 0.2) is 60.2 Å². The normalized spacial score (nSPS) is 20.0. The van der Waals surface area contributed by atoms with E-state index in [0.717, 1.165) is 6.42 Å². The molecule has 0 nitrogen and oxygen atoms in total. The predicted molar refractivity (Wildman–Crippen MR) is 138 cm³/mol. The highest BCUT2D eigenvalue weighted by molar-refractivity contribution is 6.89. The Labute approximate surface area is 185 Å². The Morgan fingerprint density at radius 1 is 0.767 bits per heavy atom. The van der Waals surface area contributed by atoms with Gasteiger partial charge in [0.05, 0.1) is 16.1 Å². The minimum Gasteiger partial charge on any atom is -0.0804 e. The van der Waals surface area contributed by atoms with E-state index in [1.165, 1.54) is 30.4 Å². The third-order valence-corrected chi connectivity index (χ3v) is 12.0. The summed E-state index contributed by atoms with van der Waals surface area (Å²) in [4.78, 5) is 0. The zero-order valence-electron chi connectivity index (χ0n) is 19.6. The van der Waals surface area contributed by atoms with Crippen LogP contribution in [0.25, 0.3) is 11.1 Å². The van der Waals surface area contributed by atoms with Crippen LogP contribution >= 0.6 is 0 Å². The van der Waals surface area contributed by atoms with Crippen molar-refractivity contribution < 1.29 is 0 Å². The van der Waals surface area contributed by atoms with Gasteiger partial charge >= 0.3 is 0 Å². The van der Waals surface area contributed by atoms with Gasteiger partial charge < -0.3 is 0 Å². The van der Waals surface area contributed by atoms with E-state index >= 15 is 0 Å². The van der Waals surface area contributed by atoms with Gasteiger partial charge in [-0.1, -0.05) is 116 Å². The summed E-state index contributed by atoms with van der Waals surface area (Å²) in [5, 5.41) is 3.22. The van der Waals surface area contributed by atoms with Gasteiger partial charge in [-0.3, -0.25) is 0 Å². The molecule has 0 N–H and O–H groups in total. The van der Waals surface area contributed by atoms with Crippen molar-refractivity contribution in [2.75, 3.05) is 0 Å². The van der Waals surface area contributed by atoms with Crippen molar-refractivity contribution in [2.45, 2.75) is 70.9 Å². The smallest absolute Gasteiger partial charge is 0.0776 e. The highest BCUT2D eigenvalue weighted by Crippen LogP contribution is 2.64. The molecule has 1 fully saturated rings. The van der Waals surface area contributed by atoms with Crippen LogP contribution < -0.4 is 10.4 Å². The Hall–Kier alpha value is -1.65. The first-order valence-electron chi connectivity index (χ1n) is 11.8. The van der Waals surface area contributed by atoms with Crippen LogP contribution in [0.2, 0.25) is 39.3 Å². The molecule has 0 radical (unpaired) electrons. The van der Waals surface area contributed by atoms with Crippen molar-refractivity contribution in [1.82, 2.24) is 0 Å². The van der Waals surface area contributed by atoms with Gasteiger partial charge in [0.2, 0.25) is 0 Å². The van der Waals surface area contributed by atoms with Gasteiger partial charge in [-0.15, -0.1) is 0 Å². The molecule has 1 saturated carbocycles. The van der Waals surface area contributed by atoms with Gasteiger partial charge in [0, 0.05) is 11.3 Å². The summed E-state index contributed by atoms with van der Waals surface area (Å²) in [7, 11) is -2.71. The fraction of sp³-hybridized carbons (Fsp3) is 0.429. The Morgan fingerprint density at radius 2 is 1.30 bits per heavy atom. The van der Waals surface area contributed by atoms with Gasteiger partial charge in [0.1, 0.15) is 0 Å². The molecule has 5 rings (SSSR count). The van der Waals surface area contributed by atoms with Crippen molar-refractivity contribution >= 4 is 26.5 Å². The average molecular weight is 429 g/mol. The zero-order chi connectivity index (χ0) is 21.3. The van der Waals surface area contributed by atoms with E-state index in [1.807, 2.05) is 0 Å². The molecule has 30 heavy (non-hydrogen) atoms. The maximum absolute atomic E-state index is 2.63. The number of benzene rings is 2. The van der Waals surface area contributed by atoms with E-state index in [9.17, 15) is 0 Å². The topological polar surface area (TPSA) is 0 Å². The van der Waals surface area contributed by atoms with Gasteiger partial charge in [-0.2, -0.15) is 0 Å². The van der Waals surface area contributed by atoms with Gasteiger partial charge in [-0.25, -0.2) is 0 Å². The first kappa shape index (κ1) is 20.3. The summed E-state index contributed by atoms with van der Waals surface area (Å²) in [5.41, 5.74) is 8.30. The van der Waals surface area contributed by atoms with Gasteiger partial charge in [-0.05, 0) is 41.5 Å². The first-order valence-corrected chi connectivity index (χ1v) is 18.8. The summed E-state index contributed by atoms with van der Waals surface area (Å²) in [6, 6.07) is 15.1. The van der Waals surface area contributed by atoms with Crippen molar-refractivity contribution in [3.05, 3.63) is 71.3 Å². The Bertz CT molecular complexity index is 1010. The molecule has 2 aromatic carbocycles. The second-order valence-electron chi connectivity index (χ2n) is 11.9. The number of hydrogen-bond donors (Lipinski definition) is 0. The minimum absolute atomic E-state index is 0.333. The summed E-state index contributed by atoms with van der Waals surface area (Å²) < 4.78 is 0. The lowest BCUT2D eigenvalue weighted by atomic mass is 9.54. The summed E-state index contributed by atoms with van der Waals surface area (Å²) >= 11 is 0. The fourth-order valence-corrected chi connectivity index (χ4v) is 8.30. The molecule has 2 heteroatoms. The average Bonchev–Trinajstić information content (AvgIpc) is 3.26. The highest BCUT2D eigenvalue weighted by atomic mass is 28.3. The third-order valence-electron chi connectivity index (χ3n) is 7.96. The van der Waals surface area contributed by atoms with Crippen molar-refractivity contribution in [3.63, 3.8) is 0 Å². The van der Waals surface area contributed by atoms with Crippen molar-refractivity contribution in [3.8, 4) is 11.1 Å². The second kappa shape index (κ2) is 6.67. The molecule has 0 spiro atoms. The Kier molecular flexibility index (Phi) is 4.51. The maximum Gasteiger partial charge on any atom is 0.0776 e. The van der Waals surface area contributed by atoms with Crippen LogP contribution in [0.1, 0.15) is 42.7 Å². The van der Waals surface area contributed by atoms with Crippen LogP contribution in [0, 0.1) is 5.41 Å². The lowest BCUT2D eigenvalue weighted by molar-refractivity contribution is 0.158. The summed E-state index contributed by atoms with van der Waals surface area (Å²) in [6.45, 7) is 14.9. The highest BCUT2D eigenvalue weighted by Gasteiger charge is 2.51. The number of hydrogen-bond acceptors (Lipinski definition) is 0. The van der Waals surface area contributed by atoms with E-state index < -0.39 is 16.1 Å². The predicted octanol–water partition coefficient (Wildman–Crippen LogP) is 6.95. The number of allylic oxidation sites excluding steroid dienone is 4. The van der Waals surface area contributed by atoms with Crippen molar-refractivity contribution in [2.24, 2.45) is 5.41 Å². The first-order chi connectivity index (χ1) is 14.1. The summed E-state index contributed by atoms with van der Waals surface area (Å²) in [6.07, 6.45) is 12.3. The van der Waals surface area contributed by atoms with E-state index in [0.29, 0.717) is 11.3 Å². The molecule has 0 heterocycles. The van der Waals surface area contributed by atoms with Crippen LogP contribution in [0.3, 0.4) is 0 Å². The molecule has 156 valence electrons. The molecule has 0 bridgehead atoms. The molecule has 0 aromatic heterocycles. The Balaban J connectivity index is 1.75.